The van der Waals surface area contributed by atoms with Gasteiger partial charge in [0.05, 0.1) is 22.2 Å². The fourth-order valence-corrected chi connectivity index (χ4v) is 4.18. The summed E-state index contributed by atoms with van der Waals surface area (Å²) in [5.74, 6) is -2.21. The van der Waals surface area contributed by atoms with Gasteiger partial charge in [-0.3, -0.25) is 14.4 Å². The van der Waals surface area contributed by atoms with Crippen LogP contribution < -0.4 is 5.32 Å². The Morgan fingerprint density at radius 2 is 1.61 bits per heavy atom. The smallest absolute Gasteiger partial charge is 0.340 e. The van der Waals surface area contributed by atoms with Crippen molar-refractivity contribution in [1.82, 2.24) is 5.32 Å². The Morgan fingerprint density at radius 3 is 2.30 bits per heavy atom. The molecule has 4 rings (SSSR count). The van der Waals surface area contributed by atoms with E-state index in [2.05, 4.69) is 5.32 Å². The van der Waals surface area contributed by atoms with Gasteiger partial charge in [-0.25, -0.2) is 4.79 Å². The summed E-state index contributed by atoms with van der Waals surface area (Å²) in [4.78, 5) is 50.5. The number of benzene rings is 3. The maximum Gasteiger partial charge on any atom is 0.340 e. The first kappa shape index (κ1) is 22.7. The quantitative estimate of drug-likeness (QED) is 0.413. The third kappa shape index (κ3) is 4.40. The van der Waals surface area contributed by atoms with Gasteiger partial charge < -0.3 is 10.1 Å². The van der Waals surface area contributed by atoms with Crippen molar-refractivity contribution < 1.29 is 23.9 Å². The van der Waals surface area contributed by atoms with Gasteiger partial charge in [0.1, 0.15) is 0 Å². The average molecular weight is 482 g/mol. The molecule has 6 nitrogen and oxygen atoms in total. The SMILES string of the molecule is CC(NC(=O)COC(=O)c1ccc2c(c1Cl)C(=O)c1ccccc1C2=O)c1cccc(Cl)c1. The van der Waals surface area contributed by atoms with E-state index in [1.807, 2.05) is 6.07 Å². The fourth-order valence-electron chi connectivity index (χ4n) is 3.66. The van der Waals surface area contributed by atoms with Gasteiger partial charge in [-0.15, -0.1) is 0 Å². The molecule has 3 aromatic carbocycles. The van der Waals surface area contributed by atoms with Crippen molar-refractivity contribution in [3.05, 3.63) is 104 Å². The van der Waals surface area contributed by atoms with Gasteiger partial charge in [0, 0.05) is 21.7 Å². The topological polar surface area (TPSA) is 89.5 Å². The molecule has 0 heterocycles. The first-order valence-electron chi connectivity index (χ1n) is 10.0. The zero-order valence-corrected chi connectivity index (χ0v) is 18.9. The number of nitrogens with one attached hydrogen (secondary N) is 1. The molecule has 1 aliphatic rings. The molecule has 1 atom stereocenters. The van der Waals surface area contributed by atoms with Gasteiger partial charge in [0.25, 0.3) is 5.91 Å². The Balaban J connectivity index is 1.48. The zero-order valence-electron chi connectivity index (χ0n) is 17.4. The highest BCUT2D eigenvalue weighted by Gasteiger charge is 2.33. The molecule has 8 heteroatoms. The number of esters is 1. The summed E-state index contributed by atoms with van der Waals surface area (Å²) in [7, 11) is 0. The number of fused-ring (bicyclic) bond motifs is 2. The molecule has 0 fully saturated rings. The Morgan fingerprint density at radius 1 is 0.909 bits per heavy atom. The summed E-state index contributed by atoms with van der Waals surface area (Å²) in [5, 5.41) is 3.07. The van der Waals surface area contributed by atoms with Crippen molar-refractivity contribution in [1.29, 1.82) is 0 Å². The maximum atomic E-state index is 12.9. The largest absolute Gasteiger partial charge is 0.452 e. The molecule has 1 unspecified atom stereocenters. The Bertz CT molecular complexity index is 1320. The van der Waals surface area contributed by atoms with Crippen LogP contribution in [0.5, 0.6) is 0 Å². The number of amides is 1. The van der Waals surface area contributed by atoms with Gasteiger partial charge in [0.2, 0.25) is 0 Å². The predicted molar refractivity (Wildman–Crippen MR) is 123 cm³/mol. The number of hydrogen-bond acceptors (Lipinski definition) is 5. The van der Waals surface area contributed by atoms with Gasteiger partial charge in [-0.05, 0) is 36.8 Å². The average Bonchev–Trinajstić information content (AvgIpc) is 2.80. The highest BCUT2D eigenvalue weighted by molar-refractivity contribution is 6.41. The lowest BCUT2D eigenvalue weighted by Crippen LogP contribution is -2.31. The minimum atomic E-state index is -0.882. The van der Waals surface area contributed by atoms with Crippen molar-refractivity contribution in [2.24, 2.45) is 0 Å². The molecule has 1 amide bonds. The second kappa shape index (κ2) is 9.17. The van der Waals surface area contributed by atoms with Crippen LogP contribution in [0.1, 0.15) is 60.7 Å². The molecule has 0 saturated heterocycles. The lowest BCUT2D eigenvalue weighted by molar-refractivity contribution is -0.124. The van der Waals surface area contributed by atoms with Crippen LogP contribution in [0.25, 0.3) is 0 Å². The van der Waals surface area contributed by atoms with Gasteiger partial charge in [-0.1, -0.05) is 59.6 Å². The van der Waals surface area contributed by atoms with Crippen molar-refractivity contribution >= 4 is 46.6 Å². The minimum absolute atomic E-state index is 0.0474. The van der Waals surface area contributed by atoms with E-state index in [0.29, 0.717) is 5.02 Å². The van der Waals surface area contributed by atoms with Crippen molar-refractivity contribution in [3.63, 3.8) is 0 Å². The molecule has 0 saturated carbocycles. The maximum absolute atomic E-state index is 12.9. The minimum Gasteiger partial charge on any atom is -0.452 e. The number of carbonyl (C=O) groups excluding carboxylic acids is 4. The molecule has 0 spiro atoms. The lowest BCUT2D eigenvalue weighted by atomic mass is 9.83. The molecule has 3 aromatic rings. The number of ketones is 2. The van der Waals surface area contributed by atoms with Crippen molar-refractivity contribution in [3.8, 4) is 0 Å². The normalized spacial score (nSPS) is 13.1. The molecule has 0 radical (unpaired) electrons. The summed E-state index contributed by atoms with van der Waals surface area (Å²) >= 11 is 12.3. The van der Waals surface area contributed by atoms with E-state index in [4.69, 9.17) is 27.9 Å². The van der Waals surface area contributed by atoms with Gasteiger partial charge in [0.15, 0.2) is 18.2 Å². The predicted octanol–water partition coefficient (Wildman–Crippen LogP) is 4.80. The Hall–Kier alpha value is -3.48. The molecular weight excluding hydrogens is 465 g/mol. The zero-order chi connectivity index (χ0) is 23.7. The number of ether oxygens (including phenoxy) is 1. The lowest BCUT2D eigenvalue weighted by Gasteiger charge is -2.19. The van der Waals surface area contributed by atoms with E-state index in [1.165, 1.54) is 18.2 Å². The first-order valence-corrected chi connectivity index (χ1v) is 10.8. The van der Waals surface area contributed by atoms with Crippen molar-refractivity contribution in [2.75, 3.05) is 6.61 Å². The molecule has 33 heavy (non-hydrogen) atoms. The highest BCUT2D eigenvalue weighted by atomic mass is 35.5. The standard InChI is InChI=1S/C25H17Cl2NO5/c1-13(14-5-4-6-15(26)11-14)28-20(29)12-33-25(32)19-10-9-18-21(22(19)27)24(31)17-8-3-2-7-16(17)23(18)30/h2-11,13H,12H2,1H3,(H,28,29). The monoisotopic (exact) mass is 481 g/mol. The third-order valence-corrected chi connectivity index (χ3v) is 5.94. The summed E-state index contributed by atoms with van der Waals surface area (Å²) in [6.45, 7) is 1.22. The van der Waals surface area contributed by atoms with E-state index in [9.17, 15) is 19.2 Å². The summed E-state index contributed by atoms with van der Waals surface area (Å²) in [6, 6.07) is 15.8. The molecule has 0 aromatic heterocycles. The van der Waals surface area contributed by atoms with Crippen molar-refractivity contribution in [2.45, 2.75) is 13.0 Å². The third-order valence-electron chi connectivity index (χ3n) is 5.31. The van der Waals surface area contributed by atoms with Crippen LogP contribution in [-0.4, -0.2) is 30.0 Å². The van der Waals surface area contributed by atoms with Crippen LogP contribution in [0.3, 0.4) is 0 Å². The van der Waals surface area contributed by atoms with Crippen LogP contribution in [0.4, 0.5) is 0 Å². The number of carbonyl (C=O) groups is 4. The van der Waals surface area contributed by atoms with Crippen LogP contribution in [0.2, 0.25) is 10.0 Å². The second-order valence-corrected chi connectivity index (χ2v) is 8.29. The van der Waals surface area contributed by atoms with Crippen LogP contribution in [-0.2, 0) is 9.53 Å². The molecule has 1 aliphatic carbocycles. The van der Waals surface area contributed by atoms with E-state index >= 15 is 0 Å². The van der Waals surface area contributed by atoms with Crippen LogP contribution in [0.15, 0.2) is 60.7 Å². The van der Waals surface area contributed by atoms with Gasteiger partial charge in [-0.2, -0.15) is 0 Å². The number of rotatable bonds is 5. The Kier molecular flexibility index (Phi) is 6.31. The molecule has 0 bridgehead atoms. The van der Waals surface area contributed by atoms with E-state index in [0.717, 1.165) is 5.56 Å². The molecular formula is C25H17Cl2NO5. The molecule has 1 N–H and O–H groups in total. The van der Waals surface area contributed by atoms with Crippen LogP contribution >= 0.6 is 23.2 Å². The summed E-state index contributed by atoms with van der Waals surface area (Å²) in [6.07, 6.45) is 0. The second-order valence-electron chi connectivity index (χ2n) is 7.47. The van der Waals surface area contributed by atoms with Gasteiger partial charge >= 0.3 is 5.97 Å². The summed E-state index contributed by atoms with van der Waals surface area (Å²) in [5.41, 5.74) is 1.26. The molecule has 0 aliphatic heterocycles. The molecule has 166 valence electrons. The number of halogens is 2. The first-order chi connectivity index (χ1) is 15.8. The van der Waals surface area contributed by atoms with Crippen LogP contribution in [0, 0.1) is 0 Å². The van der Waals surface area contributed by atoms with E-state index in [1.54, 1.807) is 43.3 Å². The number of hydrogen-bond donors (Lipinski definition) is 1. The highest BCUT2D eigenvalue weighted by Crippen LogP contribution is 2.34. The fraction of sp³-hybridized carbons (Fsp3) is 0.120. The Labute approximate surface area is 199 Å². The summed E-state index contributed by atoms with van der Waals surface area (Å²) < 4.78 is 5.10. The van der Waals surface area contributed by atoms with E-state index in [-0.39, 0.29) is 44.7 Å². The van der Waals surface area contributed by atoms with E-state index < -0.39 is 24.3 Å².